The number of benzene rings is 2. The SMILES string of the molecule is CCCCCC1=C(c2cc(C)c(C)c(C)c2)[N+](=[N-])C(c2cc(CCCC)c(CCCC)c(CCCC)c2)=C1C. The number of nitrogens with zero attached hydrogens (tertiary/aromatic N) is 2. The highest BCUT2D eigenvalue weighted by atomic mass is 15.2. The normalized spacial score (nSPS) is 13.8. The van der Waals surface area contributed by atoms with Crippen molar-refractivity contribution in [3.05, 3.63) is 85.5 Å². The van der Waals surface area contributed by atoms with Crippen molar-refractivity contribution < 1.29 is 4.70 Å². The number of rotatable bonds is 15. The maximum absolute atomic E-state index is 12.0. The number of unbranched alkanes of at least 4 members (excludes halogenated alkanes) is 5. The number of hydrogen-bond donors (Lipinski definition) is 0. The van der Waals surface area contributed by atoms with Gasteiger partial charge in [0.05, 0.1) is 0 Å². The quantitative estimate of drug-likeness (QED) is 0.163. The molecule has 2 aromatic carbocycles. The van der Waals surface area contributed by atoms with Gasteiger partial charge in [0.2, 0.25) is 11.4 Å². The van der Waals surface area contributed by atoms with Crippen molar-refractivity contribution in [3.8, 4) is 0 Å². The molecule has 0 bridgehead atoms. The maximum Gasteiger partial charge on any atom is 0.211 e. The monoisotopic (exact) mass is 526 g/mol. The predicted octanol–water partition coefficient (Wildman–Crippen LogP) is 11.4. The molecule has 0 N–H and O–H groups in total. The molecule has 0 amide bonds. The summed E-state index contributed by atoms with van der Waals surface area (Å²) in [7, 11) is 0. The second kappa shape index (κ2) is 14.8. The molecule has 3 rings (SSSR count). The van der Waals surface area contributed by atoms with Crippen LogP contribution in [0.15, 0.2) is 35.4 Å². The lowest BCUT2D eigenvalue weighted by Gasteiger charge is -2.18. The summed E-state index contributed by atoms with van der Waals surface area (Å²) in [5.74, 6) is 0. The Kier molecular flexibility index (Phi) is 11.8. The Hall–Kier alpha value is -2.48. The minimum absolute atomic E-state index is 0.991. The molecule has 0 unspecified atom stereocenters. The van der Waals surface area contributed by atoms with Crippen molar-refractivity contribution in [3.63, 3.8) is 0 Å². The average Bonchev–Trinajstić information content (AvgIpc) is 3.16. The Morgan fingerprint density at radius 2 is 1.05 bits per heavy atom. The van der Waals surface area contributed by atoms with E-state index in [1.54, 1.807) is 10.3 Å². The van der Waals surface area contributed by atoms with Crippen molar-refractivity contribution in [2.45, 2.75) is 139 Å². The molecule has 0 saturated heterocycles. The second-order valence-electron chi connectivity index (χ2n) is 11.9. The van der Waals surface area contributed by atoms with Gasteiger partial charge in [-0.3, -0.25) is 0 Å². The first-order chi connectivity index (χ1) is 18.8. The van der Waals surface area contributed by atoms with E-state index in [1.807, 2.05) is 0 Å². The first kappa shape index (κ1) is 31.1. The summed E-state index contributed by atoms with van der Waals surface area (Å²) in [5, 5.41) is 0. The Morgan fingerprint density at radius 3 is 1.56 bits per heavy atom. The Bertz CT molecular complexity index is 1170. The molecular weight excluding hydrogens is 472 g/mol. The summed E-state index contributed by atoms with van der Waals surface area (Å²) < 4.78 is 1.55. The third kappa shape index (κ3) is 7.19. The minimum atomic E-state index is 0.991. The first-order valence-corrected chi connectivity index (χ1v) is 15.9. The lowest BCUT2D eigenvalue weighted by atomic mass is 9.87. The maximum atomic E-state index is 12.0. The summed E-state index contributed by atoms with van der Waals surface area (Å²) >= 11 is 0. The Balaban J connectivity index is 2.19. The van der Waals surface area contributed by atoms with Gasteiger partial charge in [-0.05, 0) is 137 Å². The van der Waals surface area contributed by atoms with Gasteiger partial charge < -0.3 is 5.53 Å². The van der Waals surface area contributed by atoms with E-state index in [2.05, 4.69) is 79.7 Å². The zero-order chi connectivity index (χ0) is 28.5. The molecule has 0 radical (unpaired) electrons. The van der Waals surface area contributed by atoms with Crippen LogP contribution in [-0.4, -0.2) is 4.70 Å². The average molecular weight is 527 g/mol. The van der Waals surface area contributed by atoms with Gasteiger partial charge in [-0.15, -0.1) is 0 Å². The lowest BCUT2D eigenvalue weighted by Crippen LogP contribution is -2.07. The molecule has 0 fully saturated rings. The van der Waals surface area contributed by atoms with Crippen molar-refractivity contribution in [2.75, 3.05) is 0 Å². The molecule has 2 aromatic rings. The van der Waals surface area contributed by atoms with Gasteiger partial charge in [0.15, 0.2) is 0 Å². The van der Waals surface area contributed by atoms with Crippen molar-refractivity contribution in [1.82, 2.24) is 0 Å². The highest BCUT2D eigenvalue weighted by molar-refractivity contribution is 5.82. The summed E-state index contributed by atoms with van der Waals surface area (Å²) in [6, 6.07) is 9.39. The number of allylic oxidation sites excluding steroid dienone is 2. The van der Waals surface area contributed by atoms with Crippen LogP contribution in [0.25, 0.3) is 16.9 Å². The van der Waals surface area contributed by atoms with Crippen molar-refractivity contribution >= 4 is 11.4 Å². The topological polar surface area (TPSA) is 25.3 Å². The third-order valence-electron chi connectivity index (χ3n) is 8.84. The van der Waals surface area contributed by atoms with Gasteiger partial charge in [-0.25, -0.2) is 4.70 Å². The lowest BCUT2D eigenvalue weighted by molar-refractivity contribution is -0.345. The van der Waals surface area contributed by atoms with E-state index in [0.717, 1.165) is 42.6 Å². The number of hydrogen-bond acceptors (Lipinski definition) is 0. The molecule has 212 valence electrons. The standard InChI is InChI=1S/C37H54N2/c1-9-13-17-21-34-29(8)36(39(38)37(34)32-22-26(5)28(7)27(6)23-32)33-24-30(18-14-10-2)35(20-16-12-4)31(25-33)19-15-11-3/h22-25H,9-21H2,1-8H3. The zero-order valence-corrected chi connectivity index (χ0v) is 26.4. The molecule has 39 heavy (non-hydrogen) atoms. The van der Waals surface area contributed by atoms with Crippen molar-refractivity contribution in [1.29, 1.82) is 0 Å². The van der Waals surface area contributed by atoms with Crippen LogP contribution in [0.3, 0.4) is 0 Å². The Morgan fingerprint density at radius 1 is 0.564 bits per heavy atom. The highest BCUT2D eigenvalue weighted by Crippen LogP contribution is 2.43. The zero-order valence-electron chi connectivity index (χ0n) is 26.4. The summed E-state index contributed by atoms with van der Waals surface area (Å²) in [4.78, 5) is 0. The molecule has 0 atom stereocenters. The van der Waals surface area contributed by atoms with Crippen molar-refractivity contribution in [2.24, 2.45) is 0 Å². The van der Waals surface area contributed by atoms with E-state index in [1.165, 1.54) is 102 Å². The molecule has 1 aliphatic rings. The van der Waals surface area contributed by atoms with Gasteiger partial charge in [-0.2, -0.15) is 0 Å². The van der Waals surface area contributed by atoms with E-state index in [9.17, 15) is 5.53 Å². The molecule has 0 saturated carbocycles. The van der Waals surface area contributed by atoms with Gasteiger partial charge in [0.1, 0.15) is 0 Å². The van der Waals surface area contributed by atoms with E-state index in [0.29, 0.717) is 0 Å². The van der Waals surface area contributed by atoms with Crippen LogP contribution < -0.4 is 0 Å². The van der Waals surface area contributed by atoms with Crippen LogP contribution in [0.2, 0.25) is 0 Å². The van der Waals surface area contributed by atoms with Gasteiger partial charge in [0.25, 0.3) is 0 Å². The molecule has 2 nitrogen and oxygen atoms in total. The van der Waals surface area contributed by atoms with Crippen LogP contribution in [0.5, 0.6) is 0 Å². The fourth-order valence-electron chi connectivity index (χ4n) is 6.17. The fourth-order valence-corrected chi connectivity index (χ4v) is 6.17. The van der Waals surface area contributed by atoms with Crippen LogP contribution in [-0.2, 0) is 19.3 Å². The highest BCUT2D eigenvalue weighted by Gasteiger charge is 2.34. The smallest absolute Gasteiger partial charge is 0.211 e. The van der Waals surface area contributed by atoms with Crippen LogP contribution in [0.4, 0.5) is 0 Å². The second-order valence-corrected chi connectivity index (χ2v) is 11.9. The van der Waals surface area contributed by atoms with Crippen LogP contribution in [0.1, 0.15) is 143 Å². The van der Waals surface area contributed by atoms with E-state index >= 15 is 0 Å². The summed E-state index contributed by atoms with van der Waals surface area (Å²) in [6.07, 6.45) is 15.3. The molecular formula is C37H54N2. The molecule has 0 spiro atoms. The number of aryl methyl sites for hydroxylation is 4. The van der Waals surface area contributed by atoms with Gasteiger partial charge in [-0.1, -0.05) is 59.8 Å². The van der Waals surface area contributed by atoms with E-state index in [4.69, 9.17) is 0 Å². The molecule has 2 heteroatoms. The molecule has 1 aliphatic heterocycles. The first-order valence-electron chi connectivity index (χ1n) is 15.9. The molecule has 1 heterocycles. The fraction of sp³-hybridized carbons (Fsp3) is 0.568. The van der Waals surface area contributed by atoms with Gasteiger partial charge in [0, 0.05) is 22.3 Å². The molecule has 0 aromatic heterocycles. The minimum Gasteiger partial charge on any atom is -0.493 e. The largest absolute Gasteiger partial charge is 0.493 e. The van der Waals surface area contributed by atoms with Gasteiger partial charge >= 0.3 is 0 Å². The van der Waals surface area contributed by atoms with Crippen LogP contribution >= 0.6 is 0 Å². The predicted molar refractivity (Wildman–Crippen MR) is 170 cm³/mol. The molecule has 0 aliphatic carbocycles. The third-order valence-corrected chi connectivity index (χ3v) is 8.84. The summed E-state index contributed by atoms with van der Waals surface area (Å²) in [5.41, 5.74) is 27.3. The van der Waals surface area contributed by atoms with E-state index in [-0.39, 0.29) is 0 Å². The van der Waals surface area contributed by atoms with E-state index < -0.39 is 0 Å². The summed E-state index contributed by atoms with van der Waals surface area (Å²) in [6.45, 7) is 18.0. The van der Waals surface area contributed by atoms with Crippen LogP contribution in [0, 0.1) is 20.8 Å². The Labute approximate surface area is 240 Å².